The summed E-state index contributed by atoms with van der Waals surface area (Å²) in [6.07, 6.45) is 5.44. The monoisotopic (exact) mass is 288 g/mol. The van der Waals surface area contributed by atoms with Gasteiger partial charge in [0.25, 0.3) is 0 Å². The molecule has 5 heteroatoms. The molecule has 0 bridgehead atoms. The van der Waals surface area contributed by atoms with Crippen molar-refractivity contribution in [3.05, 3.63) is 0 Å². The van der Waals surface area contributed by atoms with Crippen molar-refractivity contribution in [2.75, 3.05) is 25.4 Å². The molecule has 0 amide bonds. The summed E-state index contributed by atoms with van der Waals surface area (Å²) in [5, 5.41) is 3.58. The molecule has 1 aliphatic carbocycles. The lowest BCUT2D eigenvalue weighted by Crippen LogP contribution is -2.46. The number of sulfonamides is 1. The van der Waals surface area contributed by atoms with Crippen molar-refractivity contribution < 1.29 is 8.42 Å². The minimum Gasteiger partial charge on any atom is -0.314 e. The summed E-state index contributed by atoms with van der Waals surface area (Å²) >= 11 is 0. The SMILES string of the molecule is CC(C)CCS(=O)(=O)N1CCC(NCC2CC2)CC1. The van der Waals surface area contributed by atoms with Crippen LogP contribution in [-0.2, 0) is 10.0 Å². The minimum atomic E-state index is -3.02. The molecule has 1 N–H and O–H groups in total. The molecule has 1 saturated heterocycles. The Bertz CT molecular complexity index is 369. The second-order valence-electron chi connectivity index (χ2n) is 6.52. The molecule has 0 radical (unpaired) electrons. The molecule has 2 aliphatic rings. The van der Waals surface area contributed by atoms with Crippen LogP contribution in [0, 0.1) is 11.8 Å². The van der Waals surface area contributed by atoms with E-state index >= 15 is 0 Å². The maximum atomic E-state index is 12.2. The highest BCUT2D eigenvalue weighted by molar-refractivity contribution is 7.89. The van der Waals surface area contributed by atoms with Gasteiger partial charge in [0.1, 0.15) is 0 Å². The average molecular weight is 288 g/mol. The molecule has 0 unspecified atom stereocenters. The number of nitrogens with zero attached hydrogens (tertiary/aromatic N) is 1. The zero-order valence-corrected chi connectivity index (χ0v) is 13.1. The third kappa shape index (κ3) is 5.04. The number of piperidine rings is 1. The van der Waals surface area contributed by atoms with E-state index in [-0.39, 0.29) is 0 Å². The standard InChI is InChI=1S/C14H28N2O2S/c1-12(2)7-10-19(17,18)16-8-5-14(6-9-16)15-11-13-3-4-13/h12-15H,3-11H2,1-2H3. The van der Waals surface area contributed by atoms with Crippen molar-refractivity contribution in [2.45, 2.75) is 52.0 Å². The van der Waals surface area contributed by atoms with Crippen LogP contribution < -0.4 is 5.32 Å². The summed E-state index contributed by atoms with van der Waals surface area (Å²) in [4.78, 5) is 0. The first-order valence-corrected chi connectivity index (χ1v) is 9.29. The Balaban J connectivity index is 1.71. The lowest BCUT2D eigenvalue weighted by Gasteiger charge is -2.32. The lowest BCUT2D eigenvalue weighted by atomic mass is 10.1. The smallest absolute Gasteiger partial charge is 0.214 e. The lowest BCUT2D eigenvalue weighted by molar-refractivity contribution is 0.287. The highest BCUT2D eigenvalue weighted by Crippen LogP contribution is 2.28. The van der Waals surface area contributed by atoms with Crippen molar-refractivity contribution in [1.29, 1.82) is 0 Å². The summed E-state index contributed by atoms with van der Waals surface area (Å²) in [6, 6.07) is 0.525. The summed E-state index contributed by atoms with van der Waals surface area (Å²) in [6.45, 7) is 6.67. The second-order valence-corrected chi connectivity index (χ2v) is 8.61. The van der Waals surface area contributed by atoms with Crippen molar-refractivity contribution in [3.63, 3.8) is 0 Å². The van der Waals surface area contributed by atoms with E-state index in [2.05, 4.69) is 19.2 Å². The predicted molar refractivity (Wildman–Crippen MR) is 78.6 cm³/mol. The van der Waals surface area contributed by atoms with Crippen LogP contribution in [0.1, 0.15) is 46.0 Å². The molecular formula is C14H28N2O2S. The van der Waals surface area contributed by atoms with E-state index in [0.717, 1.165) is 31.7 Å². The van der Waals surface area contributed by atoms with Gasteiger partial charge in [0.15, 0.2) is 0 Å². The van der Waals surface area contributed by atoms with E-state index in [0.29, 0.717) is 30.8 Å². The van der Waals surface area contributed by atoms with E-state index in [1.54, 1.807) is 4.31 Å². The van der Waals surface area contributed by atoms with E-state index in [1.165, 1.54) is 12.8 Å². The van der Waals surface area contributed by atoms with Crippen LogP contribution in [0.2, 0.25) is 0 Å². The van der Waals surface area contributed by atoms with Gasteiger partial charge in [-0.15, -0.1) is 0 Å². The van der Waals surface area contributed by atoms with Crippen LogP contribution in [0.4, 0.5) is 0 Å². The third-order valence-corrected chi connectivity index (χ3v) is 6.10. The Kier molecular flexibility index (Phi) is 5.26. The molecule has 0 aromatic rings. The zero-order chi connectivity index (χ0) is 13.9. The van der Waals surface area contributed by atoms with Crippen LogP contribution in [0.5, 0.6) is 0 Å². The average Bonchev–Trinajstić information content (AvgIpc) is 3.19. The molecule has 0 aromatic heterocycles. The van der Waals surface area contributed by atoms with Gasteiger partial charge in [0.2, 0.25) is 10.0 Å². The van der Waals surface area contributed by atoms with Gasteiger partial charge < -0.3 is 5.32 Å². The molecule has 0 atom stereocenters. The van der Waals surface area contributed by atoms with Gasteiger partial charge in [0, 0.05) is 19.1 Å². The van der Waals surface area contributed by atoms with Gasteiger partial charge >= 0.3 is 0 Å². The van der Waals surface area contributed by atoms with Gasteiger partial charge in [-0.2, -0.15) is 0 Å². The Labute approximate surface area is 118 Å². The molecule has 2 fully saturated rings. The van der Waals surface area contributed by atoms with E-state index in [4.69, 9.17) is 0 Å². The quantitative estimate of drug-likeness (QED) is 0.777. The fraction of sp³-hybridized carbons (Fsp3) is 1.00. The van der Waals surface area contributed by atoms with E-state index in [9.17, 15) is 8.42 Å². The maximum absolute atomic E-state index is 12.2. The fourth-order valence-corrected chi connectivity index (χ4v) is 4.30. The normalized spacial score (nSPS) is 23.1. The summed E-state index contributed by atoms with van der Waals surface area (Å²) in [5.74, 6) is 1.66. The van der Waals surface area contributed by atoms with Gasteiger partial charge in [-0.05, 0) is 50.5 Å². The molecule has 4 nitrogen and oxygen atoms in total. The van der Waals surface area contributed by atoms with Gasteiger partial charge in [-0.25, -0.2) is 12.7 Å². The van der Waals surface area contributed by atoms with Gasteiger partial charge in [-0.3, -0.25) is 0 Å². The minimum absolute atomic E-state index is 0.310. The van der Waals surface area contributed by atoms with Crippen molar-refractivity contribution >= 4 is 10.0 Å². The summed E-state index contributed by atoms with van der Waals surface area (Å²) in [5.41, 5.74) is 0. The largest absolute Gasteiger partial charge is 0.314 e. The van der Waals surface area contributed by atoms with Crippen LogP contribution >= 0.6 is 0 Å². The number of hydrogen-bond donors (Lipinski definition) is 1. The maximum Gasteiger partial charge on any atom is 0.214 e. The van der Waals surface area contributed by atoms with Gasteiger partial charge in [0.05, 0.1) is 5.75 Å². The highest BCUT2D eigenvalue weighted by atomic mass is 32.2. The number of nitrogens with one attached hydrogen (secondary N) is 1. The van der Waals surface area contributed by atoms with Gasteiger partial charge in [-0.1, -0.05) is 13.8 Å². The van der Waals surface area contributed by atoms with Crippen LogP contribution in [-0.4, -0.2) is 44.2 Å². The fourth-order valence-electron chi connectivity index (χ4n) is 2.51. The predicted octanol–water partition coefficient (Wildman–Crippen LogP) is 1.83. The van der Waals surface area contributed by atoms with Crippen molar-refractivity contribution in [1.82, 2.24) is 9.62 Å². The van der Waals surface area contributed by atoms with Crippen molar-refractivity contribution in [3.8, 4) is 0 Å². The first-order valence-electron chi connectivity index (χ1n) is 7.68. The van der Waals surface area contributed by atoms with E-state index < -0.39 is 10.0 Å². The zero-order valence-electron chi connectivity index (χ0n) is 12.3. The molecule has 1 saturated carbocycles. The molecule has 0 spiro atoms. The van der Waals surface area contributed by atoms with E-state index in [1.807, 2.05) is 0 Å². The molecule has 2 rings (SSSR count). The Morgan fingerprint density at radius 2 is 1.79 bits per heavy atom. The summed E-state index contributed by atoms with van der Waals surface area (Å²) < 4.78 is 26.1. The van der Waals surface area contributed by atoms with Crippen molar-refractivity contribution in [2.24, 2.45) is 11.8 Å². The highest BCUT2D eigenvalue weighted by Gasteiger charge is 2.29. The molecule has 112 valence electrons. The van der Waals surface area contributed by atoms with Crippen LogP contribution in [0.15, 0.2) is 0 Å². The first-order chi connectivity index (χ1) is 8.97. The number of hydrogen-bond acceptors (Lipinski definition) is 3. The van der Waals surface area contributed by atoms with Crippen LogP contribution in [0.3, 0.4) is 0 Å². The molecule has 1 heterocycles. The second kappa shape index (κ2) is 6.55. The topological polar surface area (TPSA) is 49.4 Å². The molecular weight excluding hydrogens is 260 g/mol. The summed E-state index contributed by atoms with van der Waals surface area (Å²) in [7, 11) is -3.02. The first kappa shape index (κ1) is 15.3. The Morgan fingerprint density at radius 1 is 1.16 bits per heavy atom. The molecule has 0 aromatic carbocycles. The third-order valence-electron chi connectivity index (χ3n) is 4.19. The van der Waals surface area contributed by atoms with Crippen LogP contribution in [0.25, 0.3) is 0 Å². The number of rotatable bonds is 7. The Hall–Kier alpha value is -0.130. The molecule has 19 heavy (non-hydrogen) atoms. The Morgan fingerprint density at radius 3 is 2.32 bits per heavy atom. The molecule has 1 aliphatic heterocycles.